The largest absolute Gasteiger partial charge is 0.460 e. The molecule has 128 valence electrons. The van der Waals surface area contributed by atoms with Crippen LogP contribution in [0.2, 0.25) is 0 Å². The van der Waals surface area contributed by atoms with Gasteiger partial charge in [-0.1, -0.05) is 36.4 Å². The van der Waals surface area contributed by atoms with E-state index in [0.717, 1.165) is 36.4 Å². The molecule has 0 unspecified atom stereocenters. The van der Waals surface area contributed by atoms with Crippen molar-refractivity contribution >= 4 is 22.6 Å². The minimum absolute atomic E-state index is 0.887. The molecule has 0 nitrogen and oxygen atoms in total. The van der Waals surface area contributed by atoms with E-state index in [2.05, 4.69) is 0 Å². The average Bonchev–Trinajstić information content (AvgIpc) is 2.10. The van der Waals surface area contributed by atoms with Gasteiger partial charge in [-0.2, -0.15) is 48.3 Å². The molecule has 0 aliphatic carbocycles. The molecule has 0 aliphatic rings. The number of rotatable bonds is 5. The van der Waals surface area contributed by atoms with E-state index in [4.69, 9.17) is 0 Å². The fourth-order valence-electron chi connectivity index (χ4n) is 1.24. The third kappa shape index (κ3) is 3.66. The summed E-state index contributed by atoms with van der Waals surface area (Å²) < 4.78 is 137. The van der Waals surface area contributed by atoms with E-state index in [1.807, 2.05) is 0 Å². The van der Waals surface area contributed by atoms with Crippen LogP contribution < -0.4 is 0 Å². The van der Waals surface area contributed by atoms with Crippen LogP contribution in [0.4, 0.5) is 48.3 Å². The molecule has 0 bridgehead atoms. The summed E-state index contributed by atoms with van der Waals surface area (Å²) in [7, 11) is 0. The van der Waals surface area contributed by atoms with Gasteiger partial charge >= 0.3 is 29.9 Å². The molecule has 0 spiro atoms. The van der Waals surface area contributed by atoms with Gasteiger partial charge in [0.1, 0.15) is 0 Å². The van der Waals surface area contributed by atoms with Crippen molar-refractivity contribution in [2.24, 2.45) is 0 Å². The van der Waals surface area contributed by atoms with Crippen molar-refractivity contribution in [2.45, 2.75) is 53.6 Å². The Morgan fingerprint density at radius 1 is 0.619 bits per heavy atom. The molecule has 0 saturated heterocycles. The van der Waals surface area contributed by atoms with Crippen LogP contribution in [0.15, 0.2) is 0 Å². The fourth-order valence-corrected chi connectivity index (χ4v) is 1.72. The second-order valence-corrected chi connectivity index (χ2v) is 7.74. The molecule has 0 rings (SSSR count). The molecule has 0 fully saturated rings. The van der Waals surface area contributed by atoms with Crippen molar-refractivity contribution in [3.63, 3.8) is 0 Å². The summed E-state index contributed by atoms with van der Waals surface area (Å²) in [5.74, 6) is -27.3. The van der Waals surface area contributed by atoms with Crippen molar-refractivity contribution in [1.82, 2.24) is 0 Å². The van der Waals surface area contributed by atoms with E-state index in [-0.39, 0.29) is 0 Å². The first kappa shape index (κ1) is 21.0. The van der Waals surface area contributed by atoms with Gasteiger partial charge in [-0.05, 0) is 0 Å². The van der Waals surface area contributed by atoms with Crippen molar-refractivity contribution in [3.8, 4) is 0 Å². The molecule has 0 aliphatic heterocycles. The van der Waals surface area contributed by atoms with Gasteiger partial charge in [0.15, 0.2) is 0 Å². The summed E-state index contributed by atoms with van der Waals surface area (Å²) in [5, 5.41) is 0. The van der Waals surface area contributed by atoms with Gasteiger partial charge in [0.25, 0.3) is 0 Å². The van der Waals surface area contributed by atoms with E-state index >= 15 is 0 Å². The van der Waals surface area contributed by atoms with Crippen LogP contribution in [0.5, 0.6) is 0 Å². The number of hydrogen-bond acceptors (Lipinski definition) is 0. The summed E-state index contributed by atoms with van der Waals surface area (Å²) >= 11 is 1.14. The van der Waals surface area contributed by atoms with Crippen LogP contribution in [0.1, 0.15) is 20.3 Å². The monoisotopic (exact) mass is 452 g/mol. The molecule has 0 atom stereocenters. The highest BCUT2D eigenvalue weighted by molar-refractivity contribution is 14.1. The Morgan fingerprint density at radius 2 is 0.952 bits per heavy atom. The van der Waals surface area contributed by atoms with Crippen LogP contribution in [-0.2, 0) is 0 Å². The standard InChI is InChI=1S/C9H8F11I/c1-4(2,21)3-5(10,11)6(12,13)7(14,15)8(16,17)9(18,19)20/h3H2,1-2H3. The quantitative estimate of drug-likeness (QED) is 0.286. The Morgan fingerprint density at radius 3 is 1.19 bits per heavy atom. The topological polar surface area (TPSA) is 0 Å². The van der Waals surface area contributed by atoms with Gasteiger partial charge in [0.2, 0.25) is 0 Å². The van der Waals surface area contributed by atoms with Gasteiger partial charge in [0.05, 0.1) is 0 Å². The number of alkyl halides is 12. The van der Waals surface area contributed by atoms with E-state index in [1.54, 1.807) is 0 Å². The predicted molar refractivity (Wildman–Crippen MR) is 58.6 cm³/mol. The van der Waals surface area contributed by atoms with Crippen LogP contribution in [0.25, 0.3) is 0 Å². The molecular formula is C9H8F11I. The lowest BCUT2D eigenvalue weighted by Gasteiger charge is -2.38. The number of hydrogen-bond donors (Lipinski definition) is 0. The molecule has 0 saturated carbocycles. The number of halogens is 12. The van der Waals surface area contributed by atoms with E-state index < -0.39 is 39.7 Å². The van der Waals surface area contributed by atoms with Gasteiger partial charge in [-0.15, -0.1) is 0 Å². The molecule has 0 heterocycles. The van der Waals surface area contributed by atoms with Crippen molar-refractivity contribution in [3.05, 3.63) is 0 Å². The lowest BCUT2D eigenvalue weighted by Crippen LogP contribution is -2.66. The normalized spacial score (nSPS) is 16.3. The molecule has 0 aromatic heterocycles. The third-order valence-electron chi connectivity index (χ3n) is 2.25. The Labute approximate surface area is 125 Å². The van der Waals surface area contributed by atoms with Gasteiger partial charge < -0.3 is 0 Å². The second kappa shape index (κ2) is 5.25. The molecule has 21 heavy (non-hydrogen) atoms. The van der Waals surface area contributed by atoms with E-state index in [9.17, 15) is 48.3 Å². The van der Waals surface area contributed by atoms with Crippen molar-refractivity contribution in [1.29, 1.82) is 0 Å². The minimum atomic E-state index is -7.32. The molecular weight excluding hydrogens is 444 g/mol. The lowest BCUT2D eigenvalue weighted by atomic mass is 9.92. The highest BCUT2D eigenvalue weighted by atomic mass is 127. The molecule has 0 radical (unpaired) electrons. The Bertz CT molecular complexity index is 376. The Kier molecular flexibility index (Phi) is 5.24. The van der Waals surface area contributed by atoms with E-state index in [1.165, 1.54) is 0 Å². The molecule has 0 amide bonds. The maximum absolute atomic E-state index is 13.2. The smallest absolute Gasteiger partial charge is 0.200 e. The minimum Gasteiger partial charge on any atom is -0.200 e. The SMILES string of the molecule is CC(C)(I)CC(F)(F)C(F)(F)C(F)(F)C(F)(F)C(F)(F)F. The zero-order chi connectivity index (χ0) is 17.7. The van der Waals surface area contributed by atoms with Crippen molar-refractivity contribution in [2.75, 3.05) is 0 Å². The highest BCUT2D eigenvalue weighted by Crippen LogP contribution is 2.58. The lowest BCUT2D eigenvalue weighted by molar-refractivity contribution is -0.422. The molecule has 0 aromatic rings. The maximum atomic E-state index is 13.2. The first-order valence-electron chi connectivity index (χ1n) is 4.97. The van der Waals surface area contributed by atoms with Crippen LogP contribution >= 0.6 is 22.6 Å². The van der Waals surface area contributed by atoms with E-state index in [0.29, 0.717) is 0 Å². The van der Waals surface area contributed by atoms with Crippen LogP contribution in [0, 0.1) is 0 Å². The van der Waals surface area contributed by atoms with Gasteiger partial charge in [-0.3, -0.25) is 0 Å². The average molecular weight is 452 g/mol. The first-order valence-corrected chi connectivity index (χ1v) is 6.05. The third-order valence-corrected chi connectivity index (χ3v) is 2.63. The summed E-state index contributed by atoms with van der Waals surface area (Å²) in [5.41, 5.74) is 0. The highest BCUT2D eigenvalue weighted by Gasteiger charge is 2.87. The van der Waals surface area contributed by atoms with Crippen LogP contribution in [0.3, 0.4) is 0 Å². The molecule has 0 aromatic carbocycles. The van der Waals surface area contributed by atoms with Crippen LogP contribution in [-0.4, -0.2) is 33.3 Å². The Balaban J connectivity index is 5.89. The summed E-state index contributed by atoms with van der Waals surface area (Å²) in [6, 6.07) is 0. The molecule has 0 N–H and O–H groups in total. The maximum Gasteiger partial charge on any atom is 0.460 e. The fraction of sp³-hybridized carbons (Fsp3) is 1.00. The second-order valence-electron chi connectivity index (χ2n) is 4.82. The summed E-state index contributed by atoms with van der Waals surface area (Å²) in [6.07, 6.45) is -9.15. The summed E-state index contributed by atoms with van der Waals surface area (Å²) in [4.78, 5) is 0. The Hall–Kier alpha value is -0.0400. The summed E-state index contributed by atoms with van der Waals surface area (Å²) in [6.45, 7) is 1.77. The van der Waals surface area contributed by atoms with Crippen molar-refractivity contribution < 1.29 is 48.3 Å². The zero-order valence-electron chi connectivity index (χ0n) is 10.2. The van der Waals surface area contributed by atoms with Gasteiger partial charge in [-0.25, -0.2) is 0 Å². The molecule has 12 heteroatoms. The predicted octanol–water partition coefficient (Wildman–Crippen LogP) is 5.69. The first-order chi connectivity index (χ1) is 8.71. The van der Waals surface area contributed by atoms with Gasteiger partial charge in [0, 0.05) is 9.84 Å². The zero-order valence-corrected chi connectivity index (χ0v) is 12.4.